The van der Waals surface area contributed by atoms with Crippen LogP contribution in [0.5, 0.6) is 0 Å². The van der Waals surface area contributed by atoms with Gasteiger partial charge in [-0.05, 0) is 36.6 Å². The molecule has 0 aromatic heterocycles. The van der Waals surface area contributed by atoms with Gasteiger partial charge in [-0.25, -0.2) is 9.38 Å². The molecule has 0 heterocycles. The van der Waals surface area contributed by atoms with Crippen molar-refractivity contribution in [2.45, 2.75) is 19.9 Å². The number of benzene rings is 2. The molecule has 0 spiro atoms. The van der Waals surface area contributed by atoms with Crippen LogP contribution in [0.2, 0.25) is 0 Å². The van der Waals surface area contributed by atoms with Crippen molar-refractivity contribution >= 4 is 35.8 Å². The minimum Gasteiger partial charge on any atom is -0.357 e. The SMILES string of the molecule is CCNC(=NCC(=O)NCCc1ccccc1)N(C)Cc1ccc(F)cc1.I. The summed E-state index contributed by atoms with van der Waals surface area (Å²) in [5, 5.41) is 6.06. The van der Waals surface area contributed by atoms with Crippen molar-refractivity contribution < 1.29 is 9.18 Å². The quantitative estimate of drug-likeness (QED) is 0.334. The van der Waals surface area contributed by atoms with Gasteiger partial charge in [0, 0.05) is 26.7 Å². The van der Waals surface area contributed by atoms with Crippen molar-refractivity contribution in [3.63, 3.8) is 0 Å². The molecule has 0 fully saturated rings. The van der Waals surface area contributed by atoms with Gasteiger partial charge in [0.25, 0.3) is 0 Å². The molecule has 0 aliphatic heterocycles. The average molecular weight is 498 g/mol. The third-order valence-corrected chi connectivity index (χ3v) is 3.98. The van der Waals surface area contributed by atoms with Crippen LogP contribution in [0.1, 0.15) is 18.1 Å². The van der Waals surface area contributed by atoms with Gasteiger partial charge in [0.05, 0.1) is 0 Å². The van der Waals surface area contributed by atoms with Crippen molar-refractivity contribution in [3.8, 4) is 0 Å². The van der Waals surface area contributed by atoms with E-state index in [1.807, 2.05) is 49.2 Å². The number of nitrogens with zero attached hydrogens (tertiary/aromatic N) is 2. The van der Waals surface area contributed by atoms with Crippen LogP contribution in [0.15, 0.2) is 59.6 Å². The van der Waals surface area contributed by atoms with E-state index in [1.54, 1.807) is 12.1 Å². The van der Waals surface area contributed by atoms with Crippen LogP contribution in [0.25, 0.3) is 0 Å². The van der Waals surface area contributed by atoms with Gasteiger partial charge in [-0.1, -0.05) is 42.5 Å². The van der Waals surface area contributed by atoms with Gasteiger partial charge < -0.3 is 15.5 Å². The first-order valence-corrected chi connectivity index (χ1v) is 9.13. The lowest BCUT2D eigenvalue weighted by Crippen LogP contribution is -2.39. The fourth-order valence-corrected chi connectivity index (χ4v) is 2.60. The van der Waals surface area contributed by atoms with Crippen LogP contribution in [-0.2, 0) is 17.8 Å². The van der Waals surface area contributed by atoms with Crippen LogP contribution in [-0.4, -0.2) is 43.4 Å². The molecule has 1 amide bonds. The summed E-state index contributed by atoms with van der Waals surface area (Å²) >= 11 is 0. The molecule has 152 valence electrons. The van der Waals surface area contributed by atoms with E-state index in [2.05, 4.69) is 15.6 Å². The molecular weight excluding hydrogens is 470 g/mol. The summed E-state index contributed by atoms with van der Waals surface area (Å²) in [6, 6.07) is 16.4. The lowest BCUT2D eigenvalue weighted by atomic mass is 10.1. The summed E-state index contributed by atoms with van der Waals surface area (Å²) in [6.45, 7) is 3.89. The van der Waals surface area contributed by atoms with Crippen molar-refractivity contribution in [1.82, 2.24) is 15.5 Å². The Morgan fingerprint density at radius 1 is 1.04 bits per heavy atom. The maximum absolute atomic E-state index is 13.0. The molecule has 0 saturated carbocycles. The Morgan fingerprint density at radius 2 is 1.71 bits per heavy atom. The van der Waals surface area contributed by atoms with Crippen molar-refractivity contribution in [2.75, 3.05) is 26.7 Å². The molecule has 0 atom stereocenters. The maximum Gasteiger partial charge on any atom is 0.241 e. The summed E-state index contributed by atoms with van der Waals surface area (Å²) in [7, 11) is 1.89. The number of aliphatic imine (C=N–C) groups is 1. The predicted octanol–water partition coefficient (Wildman–Crippen LogP) is 3.20. The average Bonchev–Trinajstić information content (AvgIpc) is 2.67. The lowest BCUT2D eigenvalue weighted by molar-refractivity contribution is -0.119. The standard InChI is InChI=1S/C21H27FN4O.HI/c1-3-23-21(26(2)16-18-9-11-19(22)12-10-18)25-15-20(27)24-14-13-17-7-5-4-6-8-17;/h4-12H,3,13-16H2,1-2H3,(H,23,25)(H,24,27);1H. The fourth-order valence-electron chi connectivity index (χ4n) is 2.60. The third kappa shape index (κ3) is 8.69. The Bertz CT molecular complexity index is 738. The Labute approximate surface area is 183 Å². The maximum atomic E-state index is 13.0. The van der Waals surface area contributed by atoms with Gasteiger partial charge in [0.1, 0.15) is 12.4 Å². The van der Waals surface area contributed by atoms with Gasteiger partial charge in [0.2, 0.25) is 5.91 Å². The minimum absolute atomic E-state index is 0. The number of amides is 1. The summed E-state index contributed by atoms with van der Waals surface area (Å²) in [6.07, 6.45) is 0.792. The van der Waals surface area contributed by atoms with E-state index in [9.17, 15) is 9.18 Å². The second-order valence-corrected chi connectivity index (χ2v) is 6.24. The largest absolute Gasteiger partial charge is 0.357 e. The number of nitrogens with one attached hydrogen (secondary N) is 2. The molecule has 28 heavy (non-hydrogen) atoms. The smallest absolute Gasteiger partial charge is 0.241 e. The van der Waals surface area contributed by atoms with E-state index < -0.39 is 0 Å². The molecule has 0 saturated heterocycles. The van der Waals surface area contributed by atoms with Gasteiger partial charge in [-0.2, -0.15) is 0 Å². The first-order chi connectivity index (χ1) is 13.1. The molecule has 0 unspecified atom stereocenters. The Hall–Kier alpha value is -2.16. The number of carbonyl (C=O) groups is 1. The normalized spacial score (nSPS) is 10.8. The highest BCUT2D eigenvalue weighted by Gasteiger charge is 2.08. The zero-order chi connectivity index (χ0) is 19.5. The van der Waals surface area contributed by atoms with Crippen LogP contribution >= 0.6 is 24.0 Å². The Balaban J connectivity index is 0.00000392. The fraction of sp³-hybridized carbons (Fsp3) is 0.333. The summed E-state index contributed by atoms with van der Waals surface area (Å²) in [4.78, 5) is 18.4. The zero-order valence-electron chi connectivity index (χ0n) is 16.3. The summed E-state index contributed by atoms with van der Waals surface area (Å²) < 4.78 is 13.0. The van der Waals surface area contributed by atoms with E-state index in [0.717, 1.165) is 12.0 Å². The van der Waals surface area contributed by atoms with Gasteiger partial charge in [0.15, 0.2) is 5.96 Å². The monoisotopic (exact) mass is 498 g/mol. The molecule has 0 aliphatic rings. The topological polar surface area (TPSA) is 56.7 Å². The van der Waals surface area contributed by atoms with Crippen molar-refractivity contribution in [1.29, 1.82) is 0 Å². The van der Waals surface area contributed by atoms with Crippen LogP contribution in [0.3, 0.4) is 0 Å². The van der Waals surface area contributed by atoms with Gasteiger partial charge in [-0.15, -0.1) is 24.0 Å². The van der Waals surface area contributed by atoms with Gasteiger partial charge >= 0.3 is 0 Å². The highest BCUT2D eigenvalue weighted by molar-refractivity contribution is 14.0. The highest BCUT2D eigenvalue weighted by Crippen LogP contribution is 2.05. The second-order valence-electron chi connectivity index (χ2n) is 6.24. The first-order valence-electron chi connectivity index (χ1n) is 9.13. The van der Waals surface area contributed by atoms with Crippen LogP contribution in [0.4, 0.5) is 4.39 Å². The summed E-state index contributed by atoms with van der Waals surface area (Å²) in [5.41, 5.74) is 2.16. The van der Waals surface area contributed by atoms with E-state index in [4.69, 9.17) is 0 Å². The van der Waals surface area contributed by atoms with E-state index in [1.165, 1.54) is 17.7 Å². The van der Waals surface area contributed by atoms with Crippen molar-refractivity contribution in [3.05, 3.63) is 71.5 Å². The number of halogens is 2. The van der Waals surface area contributed by atoms with Crippen molar-refractivity contribution in [2.24, 2.45) is 4.99 Å². The predicted molar refractivity (Wildman–Crippen MR) is 122 cm³/mol. The third-order valence-electron chi connectivity index (χ3n) is 3.98. The molecular formula is C21H28FIN4O. The molecule has 0 aliphatic carbocycles. The second kappa shape index (κ2) is 13.1. The highest BCUT2D eigenvalue weighted by atomic mass is 127. The number of guanidine groups is 1. The minimum atomic E-state index is -0.255. The molecule has 2 rings (SSSR count). The van der Waals surface area contributed by atoms with E-state index in [0.29, 0.717) is 25.6 Å². The molecule has 0 bridgehead atoms. The lowest BCUT2D eigenvalue weighted by Gasteiger charge is -2.22. The molecule has 2 aromatic rings. The first kappa shape index (κ1) is 23.9. The molecule has 5 nitrogen and oxygen atoms in total. The molecule has 2 aromatic carbocycles. The molecule has 0 radical (unpaired) electrons. The van der Waals surface area contributed by atoms with Crippen LogP contribution < -0.4 is 10.6 Å². The number of hydrogen-bond donors (Lipinski definition) is 2. The Kier molecular flexibility index (Phi) is 11.2. The molecule has 2 N–H and O–H groups in total. The number of carbonyl (C=O) groups excluding carboxylic acids is 1. The van der Waals surface area contributed by atoms with E-state index in [-0.39, 0.29) is 42.2 Å². The Morgan fingerprint density at radius 3 is 2.36 bits per heavy atom. The number of rotatable bonds is 8. The zero-order valence-corrected chi connectivity index (χ0v) is 18.7. The molecule has 7 heteroatoms. The number of hydrogen-bond acceptors (Lipinski definition) is 2. The van der Waals surface area contributed by atoms with Gasteiger partial charge in [-0.3, -0.25) is 4.79 Å². The summed E-state index contributed by atoms with van der Waals surface area (Å²) in [5.74, 6) is 0.269. The van der Waals surface area contributed by atoms with Crippen LogP contribution in [0, 0.1) is 5.82 Å². The van der Waals surface area contributed by atoms with E-state index >= 15 is 0 Å².